The van der Waals surface area contributed by atoms with Crippen LogP contribution in [-0.4, -0.2) is 30.6 Å². The Balaban J connectivity index is 3.70. The molecule has 0 fully saturated rings. The molecule has 0 aliphatic carbocycles. The number of nitrogens with zero attached hydrogens (tertiary/aromatic N) is 1. The van der Waals surface area contributed by atoms with Crippen LogP contribution in [0.2, 0.25) is 0 Å². The summed E-state index contributed by atoms with van der Waals surface area (Å²) in [4.78, 5) is 0.883. The highest BCUT2D eigenvalue weighted by Crippen LogP contribution is 2.37. The van der Waals surface area contributed by atoms with E-state index >= 15 is 0 Å². The van der Waals surface area contributed by atoms with Crippen molar-refractivity contribution in [2.24, 2.45) is 0 Å². The van der Waals surface area contributed by atoms with E-state index in [1.807, 2.05) is 0 Å². The van der Waals surface area contributed by atoms with Crippen LogP contribution < -0.4 is 0 Å². The molecule has 0 atom stereocenters. The normalized spacial score (nSPS) is 12.7. The van der Waals surface area contributed by atoms with Crippen molar-refractivity contribution >= 4 is 21.6 Å². The van der Waals surface area contributed by atoms with Crippen molar-refractivity contribution in [3.05, 3.63) is 0 Å². The summed E-state index contributed by atoms with van der Waals surface area (Å²) in [6.07, 6.45) is 1.63. The van der Waals surface area contributed by atoms with E-state index in [1.165, 1.54) is 14.1 Å². The molecule has 0 unspecified atom stereocenters. The number of hydrogen-bond donors (Lipinski definition) is 0. The second-order valence-electron chi connectivity index (χ2n) is 1.63. The van der Waals surface area contributed by atoms with Crippen molar-refractivity contribution in [3.8, 4) is 0 Å². The molecular formula is C4H9F2NS2. The molecule has 5 heteroatoms. The van der Waals surface area contributed by atoms with E-state index in [0.29, 0.717) is 10.8 Å². The Morgan fingerprint density at radius 1 is 1.33 bits per heavy atom. The van der Waals surface area contributed by atoms with Crippen molar-refractivity contribution in [3.63, 3.8) is 0 Å². The van der Waals surface area contributed by atoms with Gasteiger partial charge in [-0.3, -0.25) is 0 Å². The van der Waals surface area contributed by atoms with Crippen LogP contribution >= 0.6 is 21.6 Å². The van der Waals surface area contributed by atoms with Crippen LogP contribution in [0.1, 0.15) is 0 Å². The first-order chi connectivity index (χ1) is 4.00. The first-order valence-electron chi connectivity index (χ1n) is 2.28. The van der Waals surface area contributed by atoms with Gasteiger partial charge in [-0.25, -0.2) is 4.90 Å². The van der Waals surface area contributed by atoms with Crippen LogP contribution in [0.5, 0.6) is 0 Å². The summed E-state index contributed by atoms with van der Waals surface area (Å²) in [5.41, 5.74) is 0. The highest BCUT2D eigenvalue weighted by atomic mass is 33.1. The molecule has 0 aromatic carbocycles. The van der Waals surface area contributed by atoms with Gasteiger partial charge in [0.25, 0.3) is 0 Å². The fourth-order valence-corrected chi connectivity index (χ4v) is 1.57. The van der Waals surface area contributed by atoms with Crippen molar-refractivity contribution in [1.82, 2.24) is 4.90 Å². The highest BCUT2D eigenvalue weighted by molar-refractivity contribution is 8.76. The topological polar surface area (TPSA) is 3.24 Å². The molecule has 0 radical (unpaired) electrons. The van der Waals surface area contributed by atoms with E-state index in [2.05, 4.69) is 0 Å². The maximum Gasteiger partial charge on any atom is 0.364 e. The predicted octanol–water partition coefficient (Wildman–Crippen LogP) is 2.11. The van der Waals surface area contributed by atoms with E-state index < -0.39 is 5.38 Å². The van der Waals surface area contributed by atoms with Gasteiger partial charge in [-0.1, -0.05) is 10.8 Å². The molecule has 0 aliphatic rings. The van der Waals surface area contributed by atoms with E-state index in [9.17, 15) is 8.78 Å². The fraction of sp³-hybridized carbons (Fsp3) is 1.00. The Bertz CT molecular complexity index is 86.6. The third-order valence-corrected chi connectivity index (χ3v) is 2.54. The van der Waals surface area contributed by atoms with E-state index in [4.69, 9.17) is 0 Å². The van der Waals surface area contributed by atoms with E-state index in [0.717, 1.165) is 15.7 Å². The molecule has 0 heterocycles. The molecule has 0 aliphatic heterocycles. The molecular weight excluding hydrogens is 164 g/mol. The molecule has 0 spiro atoms. The molecule has 0 amide bonds. The van der Waals surface area contributed by atoms with Gasteiger partial charge >= 0.3 is 5.38 Å². The highest BCUT2D eigenvalue weighted by Gasteiger charge is 2.32. The lowest BCUT2D eigenvalue weighted by Crippen LogP contribution is -2.30. The zero-order valence-corrected chi connectivity index (χ0v) is 7.15. The summed E-state index contributed by atoms with van der Waals surface area (Å²) in [6, 6.07) is 0. The molecule has 0 aromatic rings. The number of halogens is 2. The summed E-state index contributed by atoms with van der Waals surface area (Å²) in [5.74, 6) is 0. The van der Waals surface area contributed by atoms with Crippen LogP contribution in [0.25, 0.3) is 0 Å². The predicted molar refractivity (Wildman–Crippen MR) is 39.7 cm³/mol. The van der Waals surface area contributed by atoms with Gasteiger partial charge in [-0.2, -0.15) is 8.78 Å². The lowest BCUT2D eigenvalue weighted by Gasteiger charge is -2.20. The Morgan fingerprint density at radius 2 is 1.78 bits per heavy atom. The second kappa shape index (κ2) is 3.63. The zero-order valence-electron chi connectivity index (χ0n) is 5.52. The molecule has 9 heavy (non-hydrogen) atoms. The number of alkyl halides is 2. The average Bonchev–Trinajstić information content (AvgIpc) is 1.65. The molecule has 0 saturated carbocycles. The van der Waals surface area contributed by atoms with Crippen molar-refractivity contribution in [1.29, 1.82) is 0 Å². The van der Waals surface area contributed by atoms with E-state index in [-0.39, 0.29) is 0 Å². The Morgan fingerprint density at radius 3 is 1.89 bits per heavy atom. The number of rotatable bonds is 3. The van der Waals surface area contributed by atoms with Crippen LogP contribution in [0.3, 0.4) is 0 Å². The van der Waals surface area contributed by atoms with Crippen molar-refractivity contribution < 1.29 is 8.78 Å². The van der Waals surface area contributed by atoms with Crippen molar-refractivity contribution in [2.45, 2.75) is 5.38 Å². The molecule has 0 bridgehead atoms. The van der Waals surface area contributed by atoms with Gasteiger partial charge in [-0.15, -0.1) is 0 Å². The maximum absolute atomic E-state index is 12.4. The summed E-state index contributed by atoms with van der Waals surface area (Å²) in [6.45, 7) is 0. The quantitative estimate of drug-likeness (QED) is 0.365. The molecule has 0 aromatic heterocycles. The third-order valence-electron chi connectivity index (χ3n) is 0.704. The molecule has 1 nitrogen and oxygen atoms in total. The second-order valence-corrected chi connectivity index (χ2v) is 4.12. The van der Waals surface area contributed by atoms with Crippen LogP contribution in [0.15, 0.2) is 0 Å². The number of hydrogen-bond acceptors (Lipinski definition) is 3. The smallest absolute Gasteiger partial charge is 0.240 e. The van der Waals surface area contributed by atoms with Gasteiger partial charge in [0, 0.05) is 0 Å². The van der Waals surface area contributed by atoms with Gasteiger partial charge in [0.2, 0.25) is 0 Å². The Kier molecular flexibility index (Phi) is 3.84. The first kappa shape index (κ1) is 9.52. The van der Waals surface area contributed by atoms with Gasteiger partial charge < -0.3 is 0 Å². The molecule has 56 valence electrons. The summed E-state index contributed by atoms with van der Waals surface area (Å²) in [5, 5.41) is -2.74. The first-order valence-corrected chi connectivity index (χ1v) is 4.83. The maximum atomic E-state index is 12.4. The summed E-state index contributed by atoms with van der Waals surface area (Å²) < 4.78 is 24.8. The average molecular weight is 173 g/mol. The van der Waals surface area contributed by atoms with Crippen molar-refractivity contribution in [2.75, 3.05) is 20.4 Å². The van der Waals surface area contributed by atoms with Gasteiger partial charge in [0.05, 0.1) is 0 Å². The molecule has 0 saturated heterocycles. The largest absolute Gasteiger partial charge is 0.364 e. The standard InChI is InChI=1S/C4H9F2NS2/c1-7(2)4(5,6)9-8-3/h1-3H3. The minimum absolute atomic E-state index is 0.551. The van der Waals surface area contributed by atoms with Crippen LogP contribution in [-0.2, 0) is 0 Å². The van der Waals surface area contributed by atoms with Gasteiger partial charge in [-0.05, 0) is 31.1 Å². The molecule has 0 rings (SSSR count). The van der Waals surface area contributed by atoms with Crippen LogP contribution in [0.4, 0.5) is 8.78 Å². The van der Waals surface area contributed by atoms with Gasteiger partial charge in [0.15, 0.2) is 0 Å². The zero-order chi connectivity index (χ0) is 7.49. The Hall–Kier alpha value is 0.520. The minimum atomic E-state index is -2.74. The summed E-state index contributed by atoms with van der Waals surface area (Å²) >= 11 is 0. The SMILES string of the molecule is CSSC(F)(F)N(C)C. The lowest BCUT2D eigenvalue weighted by atomic mass is 10.9. The minimum Gasteiger partial charge on any atom is -0.240 e. The van der Waals surface area contributed by atoms with Gasteiger partial charge in [0.1, 0.15) is 0 Å². The molecule has 0 N–H and O–H groups in total. The van der Waals surface area contributed by atoms with E-state index in [1.54, 1.807) is 6.26 Å². The summed E-state index contributed by atoms with van der Waals surface area (Å²) in [7, 11) is 4.31. The van der Waals surface area contributed by atoms with Crippen LogP contribution in [0, 0.1) is 0 Å². The monoisotopic (exact) mass is 173 g/mol. The fourth-order valence-electron chi connectivity index (χ4n) is 0.175. The Labute approximate surface area is 61.6 Å². The lowest BCUT2D eigenvalue weighted by molar-refractivity contribution is -0.0286. The third kappa shape index (κ3) is 3.27.